The van der Waals surface area contributed by atoms with Crippen LogP contribution in [-0.4, -0.2) is 30.1 Å². The van der Waals surface area contributed by atoms with Crippen LogP contribution >= 0.6 is 0 Å². The van der Waals surface area contributed by atoms with Crippen LogP contribution < -0.4 is 5.73 Å². The third-order valence-corrected chi connectivity index (χ3v) is 4.13. The minimum absolute atomic E-state index is 0.215. The van der Waals surface area contributed by atoms with E-state index in [1.807, 2.05) is 0 Å². The van der Waals surface area contributed by atoms with Gasteiger partial charge in [0.2, 0.25) is 0 Å². The molecule has 98 valence electrons. The van der Waals surface area contributed by atoms with Crippen molar-refractivity contribution in [2.24, 2.45) is 11.7 Å². The van der Waals surface area contributed by atoms with E-state index in [0.29, 0.717) is 12.0 Å². The van der Waals surface area contributed by atoms with E-state index in [4.69, 9.17) is 5.73 Å². The van der Waals surface area contributed by atoms with Crippen molar-refractivity contribution in [1.29, 1.82) is 0 Å². The van der Waals surface area contributed by atoms with E-state index < -0.39 is 0 Å². The highest BCUT2D eigenvalue weighted by Crippen LogP contribution is 2.28. The molecule has 0 bridgehead atoms. The summed E-state index contributed by atoms with van der Waals surface area (Å²) in [6, 6.07) is 0.599. The average Bonchev–Trinajstić information content (AvgIpc) is 2.26. The summed E-state index contributed by atoms with van der Waals surface area (Å²) in [6.07, 6.45) is 4.86. The van der Waals surface area contributed by atoms with E-state index in [0.717, 1.165) is 6.54 Å². The van der Waals surface area contributed by atoms with Gasteiger partial charge in [-0.15, -0.1) is 0 Å². The van der Waals surface area contributed by atoms with Gasteiger partial charge in [-0.05, 0) is 32.7 Å². The summed E-state index contributed by atoms with van der Waals surface area (Å²) in [5, 5.41) is 0. The second-order valence-electron chi connectivity index (χ2n) is 5.52. The summed E-state index contributed by atoms with van der Waals surface area (Å²) in [7, 11) is 2.25. The molecule has 2 heteroatoms. The van der Waals surface area contributed by atoms with Gasteiger partial charge in [0.05, 0.1) is 0 Å². The molecule has 0 aromatic heterocycles. The first kappa shape index (κ1) is 15.9. The lowest BCUT2D eigenvalue weighted by molar-refractivity contribution is 0.0470. The SMILES string of the molecule is CCCC(CN)(CCC)N(C)C(C)C(C)C. The maximum absolute atomic E-state index is 6.08. The molecule has 0 amide bonds. The van der Waals surface area contributed by atoms with Gasteiger partial charge < -0.3 is 5.73 Å². The molecule has 0 spiro atoms. The molecule has 1 unspecified atom stereocenters. The fourth-order valence-electron chi connectivity index (χ4n) is 2.64. The van der Waals surface area contributed by atoms with Gasteiger partial charge in [-0.2, -0.15) is 0 Å². The summed E-state index contributed by atoms with van der Waals surface area (Å²) in [6.45, 7) is 12.2. The lowest BCUT2D eigenvalue weighted by atomic mass is 9.84. The normalized spacial score (nSPS) is 14.8. The van der Waals surface area contributed by atoms with Crippen LogP contribution in [0.2, 0.25) is 0 Å². The number of nitrogens with two attached hydrogens (primary N) is 1. The predicted octanol–water partition coefficient (Wildman–Crippen LogP) is 3.26. The van der Waals surface area contributed by atoms with Gasteiger partial charge in [0, 0.05) is 18.1 Å². The van der Waals surface area contributed by atoms with Crippen LogP contribution in [0.4, 0.5) is 0 Å². The standard InChI is InChI=1S/C14H32N2/c1-7-9-14(11-15,10-8-2)16(6)13(5)12(3)4/h12-13H,7-11,15H2,1-6H3. The van der Waals surface area contributed by atoms with Gasteiger partial charge in [0.25, 0.3) is 0 Å². The Bertz CT molecular complexity index is 172. The Morgan fingerprint density at radius 1 is 1.06 bits per heavy atom. The number of hydrogen-bond acceptors (Lipinski definition) is 2. The Labute approximate surface area is 103 Å². The molecule has 0 aromatic rings. The molecule has 0 aromatic carbocycles. The monoisotopic (exact) mass is 228 g/mol. The Hall–Kier alpha value is -0.0800. The first-order chi connectivity index (χ1) is 7.45. The van der Waals surface area contributed by atoms with Gasteiger partial charge in [0.15, 0.2) is 0 Å². The molecule has 0 heterocycles. The summed E-state index contributed by atoms with van der Waals surface area (Å²) in [5.74, 6) is 0.685. The van der Waals surface area contributed by atoms with E-state index in [1.54, 1.807) is 0 Å². The van der Waals surface area contributed by atoms with Gasteiger partial charge >= 0.3 is 0 Å². The third kappa shape index (κ3) is 3.74. The van der Waals surface area contributed by atoms with Crippen molar-refractivity contribution in [2.75, 3.05) is 13.6 Å². The maximum atomic E-state index is 6.08. The number of hydrogen-bond donors (Lipinski definition) is 1. The zero-order valence-electron chi connectivity index (χ0n) is 12.2. The molecular weight excluding hydrogens is 196 g/mol. The highest BCUT2D eigenvalue weighted by Gasteiger charge is 2.34. The van der Waals surface area contributed by atoms with Gasteiger partial charge in [-0.3, -0.25) is 4.90 Å². The van der Waals surface area contributed by atoms with Crippen molar-refractivity contribution in [2.45, 2.75) is 71.9 Å². The smallest absolute Gasteiger partial charge is 0.0331 e. The molecule has 2 N–H and O–H groups in total. The van der Waals surface area contributed by atoms with E-state index in [1.165, 1.54) is 25.7 Å². The predicted molar refractivity (Wildman–Crippen MR) is 73.7 cm³/mol. The van der Waals surface area contributed by atoms with Crippen LogP contribution in [0, 0.1) is 5.92 Å². The lowest BCUT2D eigenvalue weighted by Gasteiger charge is -2.46. The molecule has 0 rings (SSSR count). The summed E-state index contributed by atoms with van der Waals surface area (Å²) in [5.41, 5.74) is 6.29. The molecular formula is C14H32N2. The average molecular weight is 228 g/mol. The largest absolute Gasteiger partial charge is 0.329 e. The van der Waals surface area contributed by atoms with Gasteiger partial charge in [0.1, 0.15) is 0 Å². The minimum atomic E-state index is 0.215. The summed E-state index contributed by atoms with van der Waals surface area (Å²) >= 11 is 0. The van der Waals surface area contributed by atoms with Crippen molar-refractivity contribution in [3.05, 3.63) is 0 Å². The topological polar surface area (TPSA) is 29.3 Å². The molecule has 0 aliphatic carbocycles. The van der Waals surface area contributed by atoms with E-state index >= 15 is 0 Å². The molecule has 0 fully saturated rings. The number of likely N-dealkylation sites (N-methyl/N-ethyl adjacent to an activating group) is 1. The summed E-state index contributed by atoms with van der Waals surface area (Å²) in [4.78, 5) is 2.53. The van der Waals surface area contributed by atoms with Crippen molar-refractivity contribution in [3.63, 3.8) is 0 Å². The number of nitrogens with zero attached hydrogens (tertiary/aromatic N) is 1. The van der Waals surface area contributed by atoms with Crippen LogP contribution in [0.15, 0.2) is 0 Å². The van der Waals surface area contributed by atoms with Crippen molar-refractivity contribution >= 4 is 0 Å². The zero-order valence-corrected chi connectivity index (χ0v) is 12.2. The first-order valence-electron chi connectivity index (χ1n) is 6.88. The molecule has 2 nitrogen and oxygen atoms in total. The molecule has 0 aliphatic heterocycles. The van der Waals surface area contributed by atoms with Gasteiger partial charge in [-0.25, -0.2) is 0 Å². The maximum Gasteiger partial charge on any atom is 0.0331 e. The van der Waals surface area contributed by atoms with E-state index in [2.05, 4.69) is 46.6 Å². The van der Waals surface area contributed by atoms with E-state index in [-0.39, 0.29) is 5.54 Å². The fourth-order valence-corrected chi connectivity index (χ4v) is 2.64. The second-order valence-corrected chi connectivity index (χ2v) is 5.52. The molecule has 16 heavy (non-hydrogen) atoms. The molecule has 0 saturated carbocycles. The van der Waals surface area contributed by atoms with E-state index in [9.17, 15) is 0 Å². The molecule has 1 atom stereocenters. The molecule has 0 radical (unpaired) electrons. The van der Waals surface area contributed by atoms with Crippen molar-refractivity contribution < 1.29 is 0 Å². The van der Waals surface area contributed by atoms with Crippen LogP contribution in [0.5, 0.6) is 0 Å². The quantitative estimate of drug-likeness (QED) is 0.691. The highest BCUT2D eigenvalue weighted by atomic mass is 15.2. The molecule has 0 aliphatic rings. The zero-order chi connectivity index (χ0) is 12.8. The van der Waals surface area contributed by atoms with Crippen LogP contribution in [0.1, 0.15) is 60.3 Å². The van der Waals surface area contributed by atoms with Crippen molar-refractivity contribution in [1.82, 2.24) is 4.90 Å². The fraction of sp³-hybridized carbons (Fsp3) is 1.00. The highest BCUT2D eigenvalue weighted by molar-refractivity contribution is 4.92. The summed E-state index contributed by atoms with van der Waals surface area (Å²) < 4.78 is 0. The Balaban J connectivity index is 4.83. The first-order valence-corrected chi connectivity index (χ1v) is 6.88. The Morgan fingerprint density at radius 2 is 1.50 bits per heavy atom. The Morgan fingerprint density at radius 3 is 1.75 bits per heavy atom. The minimum Gasteiger partial charge on any atom is -0.329 e. The number of rotatable bonds is 8. The van der Waals surface area contributed by atoms with Crippen LogP contribution in [0.25, 0.3) is 0 Å². The van der Waals surface area contributed by atoms with Crippen molar-refractivity contribution in [3.8, 4) is 0 Å². The molecule has 0 saturated heterocycles. The second kappa shape index (κ2) is 7.29. The van der Waals surface area contributed by atoms with Crippen LogP contribution in [-0.2, 0) is 0 Å². The lowest BCUT2D eigenvalue weighted by Crippen LogP contribution is -2.56. The third-order valence-electron chi connectivity index (χ3n) is 4.13. The van der Waals surface area contributed by atoms with Gasteiger partial charge in [-0.1, -0.05) is 40.5 Å². The van der Waals surface area contributed by atoms with Crippen LogP contribution in [0.3, 0.4) is 0 Å². The Kier molecular flexibility index (Phi) is 7.25.